The molecule has 6 rings (SSSR count). The summed E-state index contributed by atoms with van der Waals surface area (Å²) in [5.74, 6) is 0.787. The van der Waals surface area contributed by atoms with Crippen molar-refractivity contribution in [1.82, 2.24) is 30.1 Å². The van der Waals surface area contributed by atoms with Gasteiger partial charge in [-0.1, -0.05) is 43.0 Å². The Morgan fingerprint density at radius 1 is 0.895 bits per heavy atom. The molecule has 198 valence electrons. The number of hydrogen-bond donors (Lipinski definition) is 1. The number of H-pyrrole nitrogens is 1. The molecule has 2 aliphatic rings. The van der Waals surface area contributed by atoms with Gasteiger partial charge in [-0.15, -0.1) is 5.10 Å². The van der Waals surface area contributed by atoms with Gasteiger partial charge in [0, 0.05) is 42.9 Å². The molecule has 2 fully saturated rings. The molecule has 1 saturated heterocycles. The molecule has 0 spiro atoms. The first-order valence-corrected chi connectivity index (χ1v) is 14.0. The number of fused-ring (bicyclic) bond motifs is 1. The highest BCUT2D eigenvalue weighted by Crippen LogP contribution is 2.34. The molecule has 1 atom stereocenters. The second-order valence-corrected chi connectivity index (χ2v) is 11.1. The molecule has 8 nitrogen and oxygen atoms in total. The Balaban J connectivity index is 1.39. The number of hydrogen-bond acceptors (Lipinski definition) is 6. The minimum absolute atomic E-state index is 0.0681. The number of anilines is 1. The molecule has 4 aromatic rings. The van der Waals surface area contributed by atoms with Crippen LogP contribution in [0.4, 0.5) is 5.69 Å². The predicted octanol–water partition coefficient (Wildman–Crippen LogP) is 4.86. The number of nitrogens with zero attached hydrogens (tertiary/aromatic N) is 6. The van der Waals surface area contributed by atoms with Gasteiger partial charge in [0.25, 0.3) is 5.56 Å². The van der Waals surface area contributed by atoms with E-state index in [1.54, 1.807) is 0 Å². The number of piperazine rings is 1. The van der Waals surface area contributed by atoms with Gasteiger partial charge >= 0.3 is 0 Å². The van der Waals surface area contributed by atoms with Gasteiger partial charge < -0.3 is 9.88 Å². The minimum Gasteiger partial charge on any atom is -0.369 e. The lowest BCUT2D eigenvalue weighted by Crippen LogP contribution is -2.49. The third-order valence-corrected chi connectivity index (χ3v) is 8.39. The van der Waals surface area contributed by atoms with E-state index in [0.717, 1.165) is 61.3 Å². The van der Waals surface area contributed by atoms with Crippen molar-refractivity contribution in [2.24, 2.45) is 0 Å². The van der Waals surface area contributed by atoms with Crippen molar-refractivity contribution in [3.8, 4) is 0 Å². The summed E-state index contributed by atoms with van der Waals surface area (Å²) in [6.45, 7) is 9.82. The van der Waals surface area contributed by atoms with E-state index >= 15 is 0 Å². The summed E-state index contributed by atoms with van der Waals surface area (Å²) < 4.78 is 2.03. The van der Waals surface area contributed by atoms with Gasteiger partial charge in [-0.3, -0.25) is 9.69 Å². The first-order valence-electron chi connectivity index (χ1n) is 14.0. The van der Waals surface area contributed by atoms with Crippen molar-refractivity contribution in [2.45, 2.75) is 65.0 Å². The van der Waals surface area contributed by atoms with Crippen molar-refractivity contribution in [3.63, 3.8) is 0 Å². The first-order chi connectivity index (χ1) is 18.5. The Morgan fingerprint density at radius 3 is 2.42 bits per heavy atom. The fourth-order valence-electron chi connectivity index (χ4n) is 6.29. The molecular weight excluding hydrogens is 474 g/mol. The van der Waals surface area contributed by atoms with Gasteiger partial charge in [-0.2, -0.15) is 0 Å². The quantitative estimate of drug-likeness (QED) is 0.412. The molecule has 0 radical (unpaired) electrons. The lowest BCUT2D eigenvalue weighted by Gasteiger charge is -2.40. The summed E-state index contributed by atoms with van der Waals surface area (Å²) in [5.41, 5.74) is 6.54. The van der Waals surface area contributed by atoms with Crippen molar-refractivity contribution in [1.29, 1.82) is 0 Å². The van der Waals surface area contributed by atoms with Crippen LogP contribution in [0.25, 0.3) is 10.9 Å². The van der Waals surface area contributed by atoms with Gasteiger partial charge in [-0.25, -0.2) is 4.68 Å². The first kappa shape index (κ1) is 24.8. The van der Waals surface area contributed by atoms with Crippen molar-refractivity contribution < 1.29 is 0 Å². The van der Waals surface area contributed by atoms with E-state index in [1.165, 1.54) is 41.6 Å². The van der Waals surface area contributed by atoms with Crippen molar-refractivity contribution in [2.75, 3.05) is 31.1 Å². The zero-order valence-corrected chi connectivity index (χ0v) is 22.7. The van der Waals surface area contributed by atoms with E-state index in [2.05, 4.69) is 81.4 Å². The molecule has 2 aromatic carbocycles. The van der Waals surface area contributed by atoms with E-state index in [-0.39, 0.29) is 17.6 Å². The van der Waals surface area contributed by atoms with Crippen LogP contribution in [0.1, 0.15) is 72.3 Å². The number of benzene rings is 2. The summed E-state index contributed by atoms with van der Waals surface area (Å²) in [6.07, 6.45) is 5.82. The van der Waals surface area contributed by atoms with Crippen LogP contribution >= 0.6 is 0 Å². The third kappa shape index (κ3) is 4.73. The molecule has 3 heterocycles. The SMILES string of the molecule is Cc1ccc(C)c(N2CCN([C@H](c3cc4cc(C)ccc4[nH]c3=O)c3nnnn3C3CCCCC3)CC2)c1. The van der Waals surface area contributed by atoms with E-state index in [1.807, 2.05) is 16.8 Å². The number of pyridine rings is 1. The van der Waals surface area contributed by atoms with Crippen LogP contribution in [0.3, 0.4) is 0 Å². The van der Waals surface area contributed by atoms with Crippen LogP contribution < -0.4 is 10.5 Å². The van der Waals surface area contributed by atoms with Gasteiger partial charge in [0.15, 0.2) is 5.82 Å². The average Bonchev–Trinajstić information content (AvgIpc) is 3.41. The molecule has 2 aromatic heterocycles. The summed E-state index contributed by atoms with van der Waals surface area (Å²) in [6, 6.07) is 14.8. The topological polar surface area (TPSA) is 82.9 Å². The van der Waals surface area contributed by atoms with Crippen LogP contribution in [0, 0.1) is 20.8 Å². The molecule has 1 saturated carbocycles. The highest BCUT2D eigenvalue weighted by Gasteiger charge is 2.34. The van der Waals surface area contributed by atoms with Gasteiger partial charge in [0.2, 0.25) is 0 Å². The van der Waals surface area contributed by atoms with E-state index in [0.29, 0.717) is 0 Å². The Kier molecular flexibility index (Phi) is 6.74. The maximum Gasteiger partial charge on any atom is 0.253 e. The summed E-state index contributed by atoms with van der Waals surface area (Å²) in [5, 5.41) is 14.2. The average molecular weight is 512 g/mol. The molecule has 1 aliphatic heterocycles. The molecule has 0 bridgehead atoms. The Labute approximate surface area is 223 Å². The minimum atomic E-state index is -0.304. The fraction of sp³-hybridized carbons (Fsp3) is 0.467. The maximum atomic E-state index is 13.6. The zero-order chi connectivity index (χ0) is 26.2. The third-order valence-electron chi connectivity index (χ3n) is 8.39. The van der Waals surface area contributed by atoms with E-state index in [9.17, 15) is 4.79 Å². The van der Waals surface area contributed by atoms with Crippen LogP contribution in [0.5, 0.6) is 0 Å². The largest absolute Gasteiger partial charge is 0.369 e. The zero-order valence-electron chi connectivity index (χ0n) is 22.7. The lowest BCUT2D eigenvalue weighted by molar-refractivity contribution is 0.192. The molecule has 0 amide bonds. The van der Waals surface area contributed by atoms with Gasteiger partial charge in [-0.05, 0) is 84.8 Å². The predicted molar refractivity (Wildman–Crippen MR) is 151 cm³/mol. The summed E-state index contributed by atoms with van der Waals surface area (Å²) in [4.78, 5) is 21.6. The lowest BCUT2D eigenvalue weighted by atomic mass is 9.95. The Bertz CT molecular complexity index is 1490. The van der Waals surface area contributed by atoms with E-state index < -0.39 is 0 Å². The maximum absolute atomic E-state index is 13.6. The highest BCUT2D eigenvalue weighted by molar-refractivity contribution is 5.79. The number of aromatic amines is 1. The monoisotopic (exact) mass is 511 g/mol. The smallest absolute Gasteiger partial charge is 0.253 e. The Morgan fingerprint density at radius 2 is 1.63 bits per heavy atom. The van der Waals surface area contributed by atoms with Crippen LogP contribution in [0.2, 0.25) is 0 Å². The Hall–Kier alpha value is -3.52. The molecule has 0 unspecified atom stereocenters. The summed E-state index contributed by atoms with van der Waals surface area (Å²) >= 11 is 0. The van der Waals surface area contributed by atoms with Crippen LogP contribution in [-0.4, -0.2) is 56.3 Å². The second kappa shape index (κ2) is 10.3. The standard InChI is InChI=1S/C30H37N7O/c1-20-10-12-26-23(17-20)19-25(30(38)31-26)28(29-32-33-34-37(29)24-7-5-4-6-8-24)36-15-13-35(14-16-36)27-18-21(2)9-11-22(27)3/h9-12,17-19,24,28H,4-8,13-16H2,1-3H3,(H,31,38)/t28-/m1/s1. The van der Waals surface area contributed by atoms with Crippen molar-refractivity contribution >= 4 is 16.6 Å². The van der Waals surface area contributed by atoms with Crippen molar-refractivity contribution in [3.05, 3.63) is 80.9 Å². The molecule has 38 heavy (non-hydrogen) atoms. The van der Waals surface area contributed by atoms with Gasteiger partial charge in [0.05, 0.1) is 6.04 Å². The van der Waals surface area contributed by atoms with Crippen LogP contribution in [-0.2, 0) is 0 Å². The van der Waals surface area contributed by atoms with Gasteiger partial charge in [0.1, 0.15) is 6.04 Å². The van der Waals surface area contributed by atoms with Crippen LogP contribution in [0.15, 0.2) is 47.3 Å². The molecular formula is C30H37N7O. The molecule has 8 heteroatoms. The highest BCUT2D eigenvalue weighted by atomic mass is 16.1. The number of aromatic nitrogens is 5. The molecule has 1 N–H and O–H groups in total. The number of nitrogens with one attached hydrogen (secondary N) is 1. The second-order valence-electron chi connectivity index (χ2n) is 11.1. The number of rotatable bonds is 5. The molecule has 1 aliphatic carbocycles. The number of aryl methyl sites for hydroxylation is 3. The number of tetrazole rings is 1. The summed E-state index contributed by atoms with van der Waals surface area (Å²) in [7, 11) is 0. The fourth-order valence-corrected chi connectivity index (χ4v) is 6.29. The van der Waals surface area contributed by atoms with E-state index in [4.69, 9.17) is 0 Å². The normalized spacial score (nSPS) is 18.2.